The van der Waals surface area contributed by atoms with Crippen LogP contribution in [0.1, 0.15) is 12.5 Å². The molecule has 0 spiro atoms. The molecular formula is C39H32FeNO2P+2. The average molecular weight is 634 g/mol. The first-order valence-corrected chi connectivity index (χ1v) is 15.8. The summed E-state index contributed by atoms with van der Waals surface area (Å²) < 4.78 is 16.2. The number of benzene rings is 5. The fourth-order valence-corrected chi connectivity index (χ4v) is 7.31. The first kappa shape index (κ1) is 31.0. The van der Waals surface area contributed by atoms with E-state index in [1.807, 2.05) is 32.1 Å². The van der Waals surface area contributed by atoms with E-state index < -0.39 is 8.16 Å². The molecule has 2 saturated carbocycles. The summed E-state index contributed by atoms with van der Waals surface area (Å²) in [7, 11) is -1.48. The van der Waals surface area contributed by atoms with Gasteiger partial charge in [0.2, 0.25) is 0 Å². The normalized spacial score (nSPS) is 15.9. The molecule has 5 heteroatoms. The molecule has 0 saturated heterocycles. The molecule has 2 aliphatic rings. The zero-order valence-corrected chi connectivity index (χ0v) is 26.4. The summed E-state index contributed by atoms with van der Waals surface area (Å²) in [5.41, 5.74) is 2.94. The summed E-state index contributed by atoms with van der Waals surface area (Å²) in [5, 5.41) is 6.90. The van der Waals surface area contributed by atoms with Crippen LogP contribution in [0.5, 0.6) is 0 Å². The number of hydrogen-bond donors (Lipinski definition) is 0. The molecule has 0 bridgehead atoms. The summed E-state index contributed by atoms with van der Waals surface area (Å²) in [6, 6.07) is 36.3. The van der Waals surface area contributed by atoms with Crippen molar-refractivity contribution in [1.29, 1.82) is 0 Å². The summed E-state index contributed by atoms with van der Waals surface area (Å²) in [6.07, 6.45) is 18.5. The molecule has 6 aromatic rings. The minimum atomic E-state index is -1.48. The standard InChI is InChI=1S/C34H27NO2P.C5H5.Fe/c1-24(26-13-5-6-14-26)35(23-25-11-3-2-4-12-25)38-36-31-21-19-27-15-7-9-17-29(27)33(31)34-30-18-10-8-16-28(30)20-22-32(34)37-38;1-2-4-5-3-1;/h2-22,24H,23H2,1H3;1-5H;/q;;+2/t24-;;/m1../s1. The van der Waals surface area contributed by atoms with E-state index in [9.17, 15) is 0 Å². The largest absolute Gasteiger partial charge is 2.00 e. The molecule has 216 valence electrons. The molecule has 0 N–H and O–H groups in total. The van der Waals surface area contributed by atoms with Gasteiger partial charge < -0.3 is 8.39 Å². The Morgan fingerprint density at radius 3 is 1.57 bits per heavy atom. The Kier molecular flexibility index (Phi) is 10.1. The van der Waals surface area contributed by atoms with Crippen molar-refractivity contribution in [3.8, 4) is 0 Å². The van der Waals surface area contributed by atoms with Gasteiger partial charge in [0.25, 0.3) is 0 Å². The number of rotatable bonds is 5. The van der Waals surface area contributed by atoms with E-state index in [0.717, 1.165) is 21.9 Å². The average Bonchev–Trinajstić information content (AvgIpc) is 3.80. The van der Waals surface area contributed by atoms with Gasteiger partial charge in [-0.05, 0) is 104 Å². The smallest absolute Gasteiger partial charge is 0.408 e. The maximum Gasteiger partial charge on any atom is 2.00 e. The molecule has 2 aliphatic carbocycles. The molecule has 0 unspecified atom stereocenters. The summed E-state index contributed by atoms with van der Waals surface area (Å²) in [6.45, 7) is 2.95. The van der Waals surface area contributed by atoms with Crippen LogP contribution in [-0.4, -0.2) is 6.04 Å². The SMILES string of the molecule is C[C@H]([C]1[CH][CH][CH][CH]1)N(Cc1ccccc1)p1oc2ccc3ccccc3c2c2c(ccc3ccccc32)o1.[CH]1[CH][CH][CH][CH]1.[Fe+2]. The quantitative estimate of drug-likeness (QED) is 0.177. The van der Waals surface area contributed by atoms with E-state index in [1.54, 1.807) is 0 Å². The second kappa shape index (κ2) is 14.4. The van der Waals surface area contributed by atoms with Crippen molar-refractivity contribution in [1.82, 2.24) is 0 Å². The summed E-state index contributed by atoms with van der Waals surface area (Å²) in [5.74, 6) is 1.25. The van der Waals surface area contributed by atoms with Crippen molar-refractivity contribution in [2.75, 3.05) is 4.67 Å². The molecule has 0 aliphatic heterocycles. The Morgan fingerprint density at radius 1 is 0.568 bits per heavy atom. The molecule has 1 heterocycles. The van der Waals surface area contributed by atoms with E-state index in [4.69, 9.17) is 8.39 Å². The molecule has 10 radical (unpaired) electrons. The van der Waals surface area contributed by atoms with Crippen molar-refractivity contribution in [2.45, 2.75) is 19.5 Å². The summed E-state index contributed by atoms with van der Waals surface area (Å²) in [4.78, 5) is 0. The monoisotopic (exact) mass is 633 g/mol. The van der Waals surface area contributed by atoms with E-state index >= 15 is 0 Å². The van der Waals surface area contributed by atoms with Crippen LogP contribution in [0.25, 0.3) is 43.5 Å². The second-order valence-electron chi connectivity index (χ2n) is 10.7. The maximum absolute atomic E-state index is 6.92. The number of hydrogen-bond acceptors (Lipinski definition) is 3. The van der Waals surface area contributed by atoms with Gasteiger partial charge in [-0.2, -0.15) is 4.67 Å². The van der Waals surface area contributed by atoms with E-state index in [1.165, 1.54) is 33.0 Å². The topological polar surface area (TPSA) is 29.5 Å². The van der Waals surface area contributed by atoms with Gasteiger partial charge in [0.15, 0.2) is 0 Å². The predicted molar refractivity (Wildman–Crippen MR) is 181 cm³/mol. The summed E-state index contributed by atoms with van der Waals surface area (Å²) >= 11 is 0. The first-order valence-electron chi connectivity index (χ1n) is 14.6. The molecule has 3 nitrogen and oxygen atoms in total. The molecule has 2 fully saturated rings. The van der Waals surface area contributed by atoms with E-state index in [2.05, 4.69) is 140 Å². The molecular weight excluding hydrogens is 601 g/mol. The predicted octanol–water partition coefficient (Wildman–Crippen LogP) is 10.5. The van der Waals surface area contributed by atoms with Crippen LogP contribution in [0, 0.1) is 63.7 Å². The molecule has 1 atom stereocenters. The molecule has 8 rings (SSSR count). The van der Waals surface area contributed by atoms with Crippen LogP contribution in [0.4, 0.5) is 0 Å². The van der Waals surface area contributed by atoms with Gasteiger partial charge >= 0.3 is 25.2 Å². The van der Waals surface area contributed by atoms with Crippen LogP contribution >= 0.6 is 8.16 Å². The van der Waals surface area contributed by atoms with Gasteiger partial charge in [0, 0.05) is 29.3 Å². The first-order chi connectivity index (χ1) is 21.3. The van der Waals surface area contributed by atoms with Crippen molar-refractivity contribution in [2.24, 2.45) is 0 Å². The van der Waals surface area contributed by atoms with Gasteiger partial charge in [-0.25, -0.2) is 0 Å². The fourth-order valence-electron chi connectivity index (χ4n) is 5.73. The Hall–Kier alpha value is -3.00. The molecule has 5 aromatic carbocycles. The minimum Gasteiger partial charge on any atom is -0.408 e. The Bertz CT molecular complexity index is 1770. The van der Waals surface area contributed by atoms with Crippen LogP contribution in [0.15, 0.2) is 112 Å². The number of nitrogens with zero attached hydrogens (tertiary/aromatic N) is 1. The third-order valence-electron chi connectivity index (χ3n) is 7.96. The minimum absolute atomic E-state index is 0. The van der Waals surface area contributed by atoms with Crippen LogP contribution < -0.4 is 4.67 Å². The van der Waals surface area contributed by atoms with Gasteiger partial charge in [0.05, 0.1) is 0 Å². The Morgan fingerprint density at radius 2 is 1.05 bits per heavy atom. The maximum atomic E-state index is 6.92. The van der Waals surface area contributed by atoms with Crippen molar-refractivity contribution < 1.29 is 25.5 Å². The zero-order valence-electron chi connectivity index (χ0n) is 24.4. The Balaban J connectivity index is 0.000000522. The third-order valence-corrected chi connectivity index (χ3v) is 9.57. The van der Waals surface area contributed by atoms with Crippen LogP contribution in [-0.2, 0) is 23.6 Å². The second-order valence-corrected chi connectivity index (χ2v) is 12.0. The van der Waals surface area contributed by atoms with E-state index in [0.29, 0.717) is 6.54 Å². The van der Waals surface area contributed by atoms with Gasteiger partial charge in [-0.3, -0.25) is 0 Å². The molecule has 1 aromatic heterocycles. The number of fused-ring (bicyclic) bond motifs is 7. The fraction of sp³-hybridized carbons (Fsp3) is 0.0769. The van der Waals surface area contributed by atoms with Crippen LogP contribution in [0.2, 0.25) is 0 Å². The molecule has 0 amide bonds. The van der Waals surface area contributed by atoms with Gasteiger partial charge in [0.1, 0.15) is 11.2 Å². The third kappa shape index (κ3) is 6.51. The van der Waals surface area contributed by atoms with Crippen molar-refractivity contribution in [3.05, 3.63) is 172 Å². The van der Waals surface area contributed by atoms with Crippen molar-refractivity contribution in [3.63, 3.8) is 0 Å². The van der Waals surface area contributed by atoms with Crippen molar-refractivity contribution >= 4 is 51.6 Å². The van der Waals surface area contributed by atoms with Crippen LogP contribution in [0.3, 0.4) is 0 Å². The molecule has 44 heavy (non-hydrogen) atoms. The van der Waals surface area contributed by atoms with Gasteiger partial charge in [-0.1, -0.05) is 91.0 Å². The van der Waals surface area contributed by atoms with E-state index in [-0.39, 0.29) is 23.1 Å². The van der Waals surface area contributed by atoms with Gasteiger partial charge in [-0.15, -0.1) is 0 Å². The zero-order chi connectivity index (χ0) is 29.0. The Labute approximate surface area is 272 Å².